The first-order valence-corrected chi connectivity index (χ1v) is 15.0. The SMILES string of the molecule is CS(=O)(=O)CCNCc1nc(-c2cc3c(Nc4ccc(OCc5ccccc5)c(F)c4)ncnc3cn2)cs1. The van der Waals surface area contributed by atoms with Gasteiger partial charge in [-0.15, -0.1) is 11.3 Å². The molecule has 39 heavy (non-hydrogen) atoms. The van der Waals surface area contributed by atoms with Crippen LogP contribution in [-0.2, 0) is 23.0 Å². The van der Waals surface area contributed by atoms with Gasteiger partial charge in [-0.3, -0.25) is 4.98 Å². The average molecular weight is 565 g/mol. The number of hydrogen-bond donors (Lipinski definition) is 2. The number of aromatic nitrogens is 4. The summed E-state index contributed by atoms with van der Waals surface area (Å²) in [5.41, 5.74) is 3.40. The zero-order valence-electron chi connectivity index (χ0n) is 21.0. The molecular formula is C27H25FN6O3S2. The second-order valence-electron chi connectivity index (χ2n) is 8.79. The first kappa shape index (κ1) is 26.6. The van der Waals surface area contributed by atoms with Crippen LogP contribution in [-0.4, -0.2) is 46.9 Å². The lowest BCUT2D eigenvalue weighted by atomic mass is 10.2. The molecule has 0 saturated carbocycles. The van der Waals surface area contributed by atoms with Crippen LogP contribution in [0.2, 0.25) is 0 Å². The van der Waals surface area contributed by atoms with Crippen molar-refractivity contribution in [1.82, 2.24) is 25.3 Å². The number of benzene rings is 2. The van der Waals surface area contributed by atoms with Gasteiger partial charge in [0.2, 0.25) is 0 Å². The monoisotopic (exact) mass is 564 g/mol. The maximum absolute atomic E-state index is 14.8. The molecule has 0 fully saturated rings. The van der Waals surface area contributed by atoms with Crippen LogP contribution in [0, 0.1) is 5.82 Å². The van der Waals surface area contributed by atoms with E-state index in [1.165, 1.54) is 30.0 Å². The number of fused-ring (bicyclic) bond motifs is 1. The Balaban J connectivity index is 1.30. The van der Waals surface area contributed by atoms with Gasteiger partial charge in [0.25, 0.3) is 0 Å². The van der Waals surface area contributed by atoms with E-state index in [1.807, 2.05) is 41.8 Å². The first-order valence-electron chi connectivity index (χ1n) is 12.0. The molecule has 0 aliphatic heterocycles. The normalized spacial score (nSPS) is 11.5. The molecule has 3 aromatic heterocycles. The summed E-state index contributed by atoms with van der Waals surface area (Å²) in [6.07, 6.45) is 4.27. The van der Waals surface area contributed by atoms with Crippen molar-refractivity contribution in [3.63, 3.8) is 0 Å². The van der Waals surface area contributed by atoms with Crippen LogP contribution in [0.4, 0.5) is 15.9 Å². The minimum Gasteiger partial charge on any atom is -0.486 e. The highest BCUT2D eigenvalue weighted by Crippen LogP contribution is 2.29. The third kappa shape index (κ3) is 7.11. The van der Waals surface area contributed by atoms with Gasteiger partial charge in [0.1, 0.15) is 33.6 Å². The van der Waals surface area contributed by atoms with Crippen molar-refractivity contribution in [3.05, 3.63) is 88.9 Å². The molecule has 0 unspecified atom stereocenters. The summed E-state index contributed by atoms with van der Waals surface area (Å²) in [4.78, 5) is 17.8. The average Bonchev–Trinajstić information content (AvgIpc) is 3.40. The van der Waals surface area contributed by atoms with Crippen LogP contribution >= 0.6 is 11.3 Å². The molecule has 12 heteroatoms. The molecule has 2 aromatic carbocycles. The van der Waals surface area contributed by atoms with Crippen molar-refractivity contribution >= 4 is 43.6 Å². The quantitative estimate of drug-likeness (QED) is 0.219. The summed E-state index contributed by atoms with van der Waals surface area (Å²) in [5.74, 6) is 0.241. The summed E-state index contributed by atoms with van der Waals surface area (Å²) in [6, 6.07) is 16.1. The summed E-state index contributed by atoms with van der Waals surface area (Å²) >= 11 is 1.46. The molecule has 0 aliphatic rings. The van der Waals surface area contributed by atoms with E-state index in [4.69, 9.17) is 4.74 Å². The zero-order valence-corrected chi connectivity index (χ0v) is 22.6. The van der Waals surface area contributed by atoms with E-state index in [0.29, 0.717) is 46.9 Å². The lowest BCUT2D eigenvalue weighted by Crippen LogP contribution is -2.21. The number of hydrogen-bond acceptors (Lipinski definition) is 10. The Labute approximate surface area is 229 Å². The van der Waals surface area contributed by atoms with Gasteiger partial charge in [-0.25, -0.2) is 27.8 Å². The second kappa shape index (κ2) is 11.8. The topological polar surface area (TPSA) is 119 Å². The fourth-order valence-electron chi connectivity index (χ4n) is 3.73. The van der Waals surface area contributed by atoms with E-state index in [1.54, 1.807) is 18.3 Å². The van der Waals surface area contributed by atoms with Crippen LogP contribution in [0.3, 0.4) is 0 Å². The third-order valence-corrected chi connectivity index (χ3v) is 7.49. The predicted molar refractivity (Wildman–Crippen MR) is 150 cm³/mol. The molecule has 0 aliphatic carbocycles. The minimum atomic E-state index is -3.02. The lowest BCUT2D eigenvalue weighted by Gasteiger charge is -2.11. The Hall–Kier alpha value is -4.00. The van der Waals surface area contributed by atoms with Gasteiger partial charge < -0.3 is 15.4 Å². The summed E-state index contributed by atoms with van der Waals surface area (Å²) in [6.45, 7) is 1.08. The van der Waals surface area contributed by atoms with E-state index in [-0.39, 0.29) is 18.1 Å². The van der Waals surface area contributed by atoms with Gasteiger partial charge in [-0.05, 0) is 23.8 Å². The van der Waals surface area contributed by atoms with E-state index >= 15 is 0 Å². The summed E-state index contributed by atoms with van der Waals surface area (Å²) in [5, 5.41) is 9.67. The van der Waals surface area contributed by atoms with Crippen LogP contribution in [0.15, 0.2) is 72.5 Å². The summed E-state index contributed by atoms with van der Waals surface area (Å²) < 4.78 is 43.0. The number of anilines is 2. The molecule has 200 valence electrons. The van der Waals surface area contributed by atoms with E-state index < -0.39 is 15.7 Å². The van der Waals surface area contributed by atoms with Crippen molar-refractivity contribution < 1.29 is 17.5 Å². The maximum atomic E-state index is 14.8. The molecule has 0 radical (unpaired) electrons. The summed E-state index contributed by atoms with van der Waals surface area (Å²) in [7, 11) is -3.02. The minimum absolute atomic E-state index is 0.0700. The van der Waals surface area contributed by atoms with Crippen LogP contribution in [0.5, 0.6) is 5.75 Å². The molecule has 2 N–H and O–H groups in total. The van der Waals surface area contributed by atoms with Crippen molar-refractivity contribution in [2.24, 2.45) is 0 Å². The maximum Gasteiger partial charge on any atom is 0.167 e. The van der Waals surface area contributed by atoms with Crippen molar-refractivity contribution in [3.8, 4) is 17.1 Å². The zero-order chi connectivity index (χ0) is 27.2. The standard InChI is InChI=1S/C27H25FN6O3S2/c1-39(35,36)10-9-29-14-26-34-24(16-38-26)22-12-20-23(13-30-22)31-17-32-27(20)33-19-7-8-25(21(28)11-19)37-15-18-5-3-2-4-6-18/h2-8,11-13,16-17,29H,9-10,14-15H2,1H3,(H,31,32,33). The fourth-order valence-corrected chi connectivity index (χ4v) is 5.00. The van der Waals surface area contributed by atoms with Gasteiger partial charge in [0, 0.05) is 41.9 Å². The van der Waals surface area contributed by atoms with Gasteiger partial charge in [0.05, 0.1) is 28.9 Å². The molecule has 3 heterocycles. The van der Waals surface area contributed by atoms with Gasteiger partial charge in [-0.1, -0.05) is 30.3 Å². The highest BCUT2D eigenvalue weighted by molar-refractivity contribution is 7.90. The molecule has 5 rings (SSSR count). The molecule has 0 spiro atoms. The number of sulfone groups is 1. The Bertz CT molecular complexity index is 1700. The van der Waals surface area contributed by atoms with Crippen LogP contribution in [0.1, 0.15) is 10.6 Å². The second-order valence-corrected chi connectivity index (χ2v) is 12.0. The molecule has 0 saturated heterocycles. The van der Waals surface area contributed by atoms with Gasteiger partial charge in [0.15, 0.2) is 11.6 Å². The van der Waals surface area contributed by atoms with Crippen molar-refractivity contribution in [2.45, 2.75) is 13.2 Å². The third-order valence-electron chi connectivity index (χ3n) is 5.69. The number of pyridine rings is 1. The Kier molecular flexibility index (Phi) is 8.05. The first-order chi connectivity index (χ1) is 18.8. The lowest BCUT2D eigenvalue weighted by molar-refractivity contribution is 0.290. The Morgan fingerprint density at radius 1 is 1.03 bits per heavy atom. The van der Waals surface area contributed by atoms with E-state index in [9.17, 15) is 12.8 Å². The number of ether oxygens (including phenoxy) is 1. The van der Waals surface area contributed by atoms with Gasteiger partial charge >= 0.3 is 0 Å². The molecule has 0 bridgehead atoms. The Morgan fingerprint density at radius 3 is 2.67 bits per heavy atom. The van der Waals surface area contributed by atoms with Crippen LogP contribution < -0.4 is 15.4 Å². The largest absolute Gasteiger partial charge is 0.486 e. The predicted octanol–water partition coefficient (Wildman–Crippen LogP) is 4.74. The highest BCUT2D eigenvalue weighted by atomic mass is 32.2. The molecule has 5 aromatic rings. The molecular weight excluding hydrogens is 539 g/mol. The number of nitrogens with one attached hydrogen (secondary N) is 2. The number of nitrogens with zero attached hydrogens (tertiary/aromatic N) is 4. The van der Waals surface area contributed by atoms with Crippen molar-refractivity contribution in [2.75, 3.05) is 23.9 Å². The van der Waals surface area contributed by atoms with E-state index in [2.05, 4.69) is 30.6 Å². The fraction of sp³-hybridized carbons (Fsp3) is 0.185. The molecule has 9 nitrogen and oxygen atoms in total. The van der Waals surface area contributed by atoms with Crippen LogP contribution in [0.25, 0.3) is 22.3 Å². The number of rotatable bonds is 11. The Morgan fingerprint density at radius 2 is 1.87 bits per heavy atom. The smallest absolute Gasteiger partial charge is 0.167 e. The molecule has 0 atom stereocenters. The highest BCUT2D eigenvalue weighted by Gasteiger charge is 2.12. The van der Waals surface area contributed by atoms with E-state index in [0.717, 1.165) is 10.6 Å². The van der Waals surface area contributed by atoms with Gasteiger partial charge in [-0.2, -0.15) is 0 Å². The molecule has 0 amide bonds. The van der Waals surface area contributed by atoms with Crippen molar-refractivity contribution in [1.29, 1.82) is 0 Å². The number of halogens is 1. The number of thiazole rings is 1.